The molecule has 0 aliphatic carbocycles. The molecule has 25 heavy (non-hydrogen) atoms. The third-order valence-corrected chi connectivity index (χ3v) is 5.20. The number of fused-ring (bicyclic) bond motifs is 1. The molecule has 9 heteroatoms. The van der Waals surface area contributed by atoms with Crippen LogP contribution in [-0.4, -0.2) is 42.9 Å². The highest BCUT2D eigenvalue weighted by Gasteiger charge is 2.26. The van der Waals surface area contributed by atoms with Crippen LogP contribution < -0.4 is 11.0 Å². The van der Waals surface area contributed by atoms with Gasteiger partial charge in [0, 0.05) is 30.7 Å². The van der Waals surface area contributed by atoms with Gasteiger partial charge in [0.2, 0.25) is 5.13 Å². The molecule has 1 aliphatic heterocycles. The smallest absolute Gasteiger partial charge is 0.324 e. The summed E-state index contributed by atoms with van der Waals surface area (Å²) in [7, 11) is 0. The van der Waals surface area contributed by atoms with Crippen molar-refractivity contribution in [1.82, 2.24) is 23.8 Å². The highest BCUT2D eigenvalue weighted by molar-refractivity contribution is 7.09. The number of nitrogens with one attached hydrogen (secondary N) is 2. The maximum atomic E-state index is 12.3. The molecule has 4 rings (SSSR count). The molecule has 130 valence electrons. The van der Waals surface area contributed by atoms with E-state index in [4.69, 9.17) is 0 Å². The summed E-state index contributed by atoms with van der Waals surface area (Å²) in [5, 5.41) is 3.29. The van der Waals surface area contributed by atoms with Crippen LogP contribution in [0.1, 0.15) is 24.7 Å². The van der Waals surface area contributed by atoms with Crippen molar-refractivity contribution in [1.29, 1.82) is 0 Å². The minimum atomic E-state index is -0.166. The van der Waals surface area contributed by atoms with Crippen LogP contribution in [0.15, 0.2) is 29.1 Å². The van der Waals surface area contributed by atoms with Crippen LogP contribution in [0.5, 0.6) is 0 Å². The molecule has 0 radical (unpaired) electrons. The molecular formula is C16H18N6O2S. The molecular weight excluding hydrogens is 340 g/mol. The molecule has 1 aliphatic rings. The van der Waals surface area contributed by atoms with Crippen molar-refractivity contribution < 1.29 is 4.79 Å². The SMILES string of the molecule is Cc1nsc(NC(=O)N2CCC(n3c(=O)[nH]c4ccccc43)CC2)n1. The van der Waals surface area contributed by atoms with Gasteiger partial charge in [-0.1, -0.05) is 12.1 Å². The number of carbonyl (C=O) groups is 1. The number of aromatic amines is 1. The van der Waals surface area contributed by atoms with Crippen LogP contribution in [0.3, 0.4) is 0 Å². The van der Waals surface area contributed by atoms with Gasteiger partial charge in [-0.15, -0.1) is 0 Å². The van der Waals surface area contributed by atoms with Gasteiger partial charge in [0.25, 0.3) is 0 Å². The van der Waals surface area contributed by atoms with E-state index < -0.39 is 0 Å². The van der Waals surface area contributed by atoms with Gasteiger partial charge in [-0.3, -0.25) is 9.88 Å². The first-order chi connectivity index (χ1) is 12.1. The number of anilines is 1. The van der Waals surface area contributed by atoms with Gasteiger partial charge in [0.1, 0.15) is 5.82 Å². The minimum Gasteiger partial charge on any atom is -0.324 e. The summed E-state index contributed by atoms with van der Waals surface area (Å²) in [5.41, 5.74) is 1.67. The molecule has 0 spiro atoms. The van der Waals surface area contributed by atoms with Crippen LogP contribution in [0, 0.1) is 6.92 Å². The molecule has 1 fully saturated rings. The summed E-state index contributed by atoms with van der Waals surface area (Å²) in [6.45, 7) is 2.98. The van der Waals surface area contributed by atoms with Crippen molar-refractivity contribution in [3.05, 3.63) is 40.6 Å². The minimum absolute atomic E-state index is 0.0894. The fraction of sp³-hybridized carbons (Fsp3) is 0.375. The Hall–Kier alpha value is -2.68. The number of piperidine rings is 1. The zero-order valence-corrected chi connectivity index (χ0v) is 14.5. The Labute approximate surface area is 147 Å². The van der Waals surface area contributed by atoms with E-state index in [0.29, 0.717) is 24.0 Å². The zero-order chi connectivity index (χ0) is 17.4. The van der Waals surface area contributed by atoms with Crippen molar-refractivity contribution in [2.24, 2.45) is 0 Å². The predicted octanol–water partition coefficient (Wildman–Crippen LogP) is 2.36. The Morgan fingerprint density at radius 1 is 1.32 bits per heavy atom. The van der Waals surface area contributed by atoms with E-state index in [2.05, 4.69) is 19.7 Å². The molecule has 8 nitrogen and oxygen atoms in total. The summed E-state index contributed by atoms with van der Waals surface area (Å²) in [5.74, 6) is 0.651. The standard InChI is InChI=1S/C16H18N6O2S/c1-10-17-14(25-20-10)19-15(23)21-8-6-11(7-9-21)22-13-5-3-2-4-12(13)18-16(22)24/h2-5,11H,6-9H2,1H3,(H,18,24)(H,17,19,20,23). The summed E-state index contributed by atoms with van der Waals surface area (Å²) in [6, 6.07) is 7.62. The highest BCUT2D eigenvalue weighted by Crippen LogP contribution is 2.25. The first-order valence-electron chi connectivity index (χ1n) is 8.17. The Bertz CT molecular complexity index is 966. The number of aryl methyl sites for hydroxylation is 1. The van der Waals surface area contributed by atoms with Crippen molar-refractivity contribution in [3.8, 4) is 0 Å². The van der Waals surface area contributed by atoms with Crippen LogP contribution >= 0.6 is 11.5 Å². The van der Waals surface area contributed by atoms with Crippen molar-refractivity contribution >= 4 is 33.7 Å². The quantitative estimate of drug-likeness (QED) is 0.735. The monoisotopic (exact) mass is 358 g/mol. The first kappa shape index (κ1) is 15.8. The van der Waals surface area contributed by atoms with Gasteiger partial charge >= 0.3 is 11.7 Å². The number of rotatable bonds is 2. The number of carbonyl (C=O) groups excluding carboxylic acids is 1. The van der Waals surface area contributed by atoms with Gasteiger partial charge in [-0.2, -0.15) is 4.37 Å². The molecule has 3 heterocycles. The lowest BCUT2D eigenvalue weighted by molar-refractivity contribution is 0.184. The molecule has 3 aromatic rings. The first-order valence-corrected chi connectivity index (χ1v) is 8.94. The number of para-hydroxylation sites is 2. The normalized spacial score (nSPS) is 15.6. The van der Waals surface area contributed by atoms with E-state index in [1.807, 2.05) is 28.8 Å². The highest BCUT2D eigenvalue weighted by atomic mass is 32.1. The predicted molar refractivity (Wildman–Crippen MR) is 96.1 cm³/mol. The molecule has 1 saturated heterocycles. The maximum absolute atomic E-state index is 12.3. The van der Waals surface area contributed by atoms with Gasteiger partial charge in [-0.05, 0) is 31.9 Å². The number of hydrogen-bond donors (Lipinski definition) is 2. The van der Waals surface area contributed by atoms with Gasteiger partial charge in [0.05, 0.1) is 11.0 Å². The second kappa shape index (κ2) is 6.32. The van der Waals surface area contributed by atoms with Gasteiger partial charge in [0.15, 0.2) is 0 Å². The van der Waals surface area contributed by atoms with Crippen LogP contribution in [0.2, 0.25) is 0 Å². The summed E-state index contributed by atoms with van der Waals surface area (Å²) in [4.78, 5) is 33.4. The average molecular weight is 358 g/mol. The number of urea groups is 1. The van der Waals surface area contributed by atoms with E-state index in [1.54, 1.807) is 11.8 Å². The third-order valence-electron chi connectivity index (χ3n) is 4.48. The Kier molecular flexibility index (Phi) is 4.00. The number of likely N-dealkylation sites (tertiary alicyclic amines) is 1. The summed E-state index contributed by atoms with van der Waals surface area (Å²) < 4.78 is 5.87. The van der Waals surface area contributed by atoms with E-state index in [0.717, 1.165) is 23.9 Å². The molecule has 1 aromatic carbocycles. The van der Waals surface area contributed by atoms with Gasteiger partial charge < -0.3 is 9.88 Å². The lowest BCUT2D eigenvalue weighted by Crippen LogP contribution is -2.42. The Morgan fingerprint density at radius 2 is 2.08 bits per heavy atom. The number of hydrogen-bond acceptors (Lipinski definition) is 5. The number of imidazole rings is 1. The second-order valence-electron chi connectivity index (χ2n) is 6.11. The van der Waals surface area contributed by atoms with Gasteiger partial charge in [-0.25, -0.2) is 14.6 Å². The Balaban J connectivity index is 1.45. The van der Waals surface area contributed by atoms with Crippen LogP contribution in [0.25, 0.3) is 11.0 Å². The molecule has 0 saturated carbocycles. The Morgan fingerprint density at radius 3 is 2.80 bits per heavy atom. The molecule has 0 unspecified atom stereocenters. The lowest BCUT2D eigenvalue weighted by atomic mass is 10.0. The number of aromatic nitrogens is 4. The summed E-state index contributed by atoms with van der Waals surface area (Å²) in [6.07, 6.45) is 1.48. The fourth-order valence-electron chi connectivity index (χ4n) is 3.28. The molecule has 2 aromatic heterocycles. The third kappa shape index (κ3) is 3.02. The summed E-state index contributed by atoms with van der Waals surface area (Å²) >= 11 is 1.17. The van der Waals surface area contributed by atoms with Crippen LogP contribution in [-0.2, 0) is 0 Å². The van der Waals surface area contributed by atoms with E-state index in [9.17, 15) is 9.59 Å². The van der Waals surface area contributed by atoms with E-state index in [-0.39, 0.29) is 17.8 Å². The molecule has 2 amide bonds. The topological polar surface area (TPSA) is 95.9 Å². The lowest BCUT2D eigenvalue weighted by Gasteiger charge is -2.32. The van der Waals surface area contributed by atoms with Crippen molar-refractivity contribution in [3.63, 3.8) is 0 Å². The van der Waals surface area contributed by atoms with E-state index >= 15 is 0 Å². The molecule has 0 atom stereocenters. The number of benzene rings is 1. The number of amides is 2. The van der Waals surface area contributed by atoms with Crippen LogP contribution in [0.4, 0.5) is 9.93 Å². The van der Waals surface area contributed by atoms with Crippen molar-refractivity contribution in [2.75, 3.05) is 18.4 Å². The largest absolute Gasteiger partial charge is 0.326 e. The molecule has 2 N–H and O–H groups in total. The number of nitrogens with zero attached hydrogens (tertiary/aromatic N) is 4. The second-order valence-corrected chi connectivity index (χ2v) is 6.86. The number of H-pyrrole nitrogens is 1. The van der Waals surface area contributed by atoms with E-state index in [1.165, 1.54) is 11.5 Å². The average Bonchev–Trinajstić information content (AvgIpc) is 3.17. The maximum Gasteiger partial charge on any atom is 0.326 e. The fourth-order valence-corrected chi connectivity index (χ4v) is 3.85. The zero-order valence-electron chi connectivity index (χ0n) is 13.7. The van der Waals surface area contributed by atoms with Crippen molar-refractivity contribution in [2.45, 2.75) is 25.8 Å². The molecule has 0 bridgehead atoms.